The van der Waals surface area contributed by atoms with Crippen LogP contribution in [0.25, 0.3) is 0 Å². The Morgan fingerprint density at radius 2 is 1.69 bits per heavy atom. The van der Waals surface area contributed by atoms with Gasteiger partial charge in [0.05, 0.1) is 33.2 Å². The first-order valence-electron chi connectivity index (χ1n) is 11.2. The third-order valence-corrected chi connectivity index (χ3v) is 6.79. The van der Waals surface area contributed by atoms with Crippen molar-refractivity contribution in [3.05, 3.63) is 79.7 Å². The van der Waals surface area contributed by atoms with E-state index in [1.807, 2.05) is 18.2 Å². The minimum absolute atomic E-state index is 0.202. The van der Waals surface area contributed by atoms with Gasteiger partial charge in [0.15, 0.2) is 5.75 Å². The molecule has 1 amide bonds. The van der Waals surface area contributed by atoms with Crippen molar-refractivity contribution in [2.45, 2.75) is 26.7 Å². The topological polar surface area (TPSA) is 65.1 Å². The fraction of sp³-hybridized carbons (Fsp3) is 0.259. The van der Waals surface area contributed by atoms with E-state index in [9.17, 15) is 9.59 Å². The van der Waals surface area contributed by atoms with Gasteiger partial charge in [0.2, 0.25) is 0 Å². The Morgan fingerprint density at radius 3 is 2.28 bits per heavy atom. The predicted octanol–water partition coefficient (Wildman–Crippen LogP) is 8.00. The summed E-state index contributed by atoms with van der Waals surface area (Å²) in [6.45, 7) is 5.79. The summed E-state index contributed by atoms with van der Waals surface area (Å²) in [7, 11) is 1.64. The van der Waals surface area contributed by atoms with Crippen molar-refractivity contribution in [3.63, 3.8) is 0 Å². The molecule has 3 rings (SSSR count). The first-order valence-corrected chi connectivity index (χ1v) is 13.2. The van der Waals surface area contributed by atoms with E-state index in [2.05, 4.69) is 45.7 Å². The average Bonchev–Trinajstić information content (AvgIpc) is 2.84. The number of amides is 1. The van der Waals surface area contributed by atoms with Gasteiger partial charge in [-0.15, -0.1) is 0 Å². The third-order valence-electron chi connectivity index (χ3n) is 5.28. The highest BCUT2D eigenvalue weighted by Crippen LogP contribution is 2.42. The first-order chi connectivity index (χ1) is 17.2. The lowest BCUT2D eigenvalue weighted by molar-refractivity contribution is -0.141. The van der Waals surface area contributed by atoms with E-state index in [-0.39, 0.29) is 29.7 Å². The highest BCUT2D eigenvalue weighted by molar-refractivity contribution is 9.11. The Labute approximate surface area is 232 Å². The number of carbonyl (C=O) groups excluding carboxylic acids is 2. The van der Waals surface area contributed by atoms with Gasteiger partial charge in [0, 0.05) is 11.3 Å². The molecule has 0 aliphatic heterocycles. The van der Waals surface area contributed by atoms with Crippen LogP contribution in [0.5, 0.6) is 17.2 Å². The molecule has 36 heavy (non-hydrogen) atoms. The number of methoxy groups -OCH3 is 1. The average molecular weight is 640 g/mol. The summed E-state index contributed by atoms with van der Waals surface area (Å²) < 4.78 is 17.9. The largest absolute Gasteiger partial charge is 0.496 e. The lowest BCUT2D eigenvalue weighted by Gasteiger charge is -2.24. The van der Waals surface area contributed by atoms with E-state index in [0.29, 0.717) is 26.1 Å². The molecular weight excluding hydrogens is 614 g/mol. The third kappa shape index (κ3) is 6.60. The van der Waals surface area contributed by atoms with Crippen molar-refractivity contribution in [1.82, 2.24) is 0 Å². The molecule has 3 aromatic rings. The summed E-state index contributed by atoms with van der Waals surface area (Å²) in [4.78, 5) is 27.1. The number of ether oxygens (including phenoxy) is 3. The van der Waals surface area contributed by atoms with Crippen LogP contribution < -0.4 is 14.4 Å². The van der Waals surface area contributed by atoms with E-state index in [4.69, 9.17) is 25.8 Å². The molecule has 0 heterocycles. The van der Waals surface area contributed by atoms with Crippen molar-refractivity contribution in [2.24, 2.45) is 0 Å². The van der Waals surface area contributed by atoms with Crippen LogP contribution in [0.2, 0.25) is 5.02 Å². The van der Waals surface area contributed by atoms with Crippen LogP contribution in [0.15, 0.2) is 63.5 Å². The fourth-order valence-electron chi connectivity index (χ4n) is 3.54. The fourth-order valence-corrected chi connectivity index (χ4v) is 5.08. The normalized spacial score (nSPS) is 10.8. The summed E-state index contributed by atoms with van der Waals surface area (Å²) >= 11 is 13.4. The quantitative estimate of drug-likeness (QED) is 0.222. The van der Waals surface area contributed by atoms with Gasteiger partial charge in [-0.2, -0.15) is 0 Å². The number of esters is 1. The number of benzene rings is 3. The SMILES string of the molecule is CCOC(=O)CN(C(=O)c1ccccc1Cl)c1cc(Br)c(Oc2ccc(OC)c(C(C)C)c2)c(Br)c1. The van der Waals surface area contributed by atoms with Crippen molar-refractivity contribution in [1.29, 1.82) is 0 Å². The van der Waals surface area contributed by atoms with Gasteiger partial charge in [-0.05, 0) is 87.2 Å². The highest BCUT2D eigenvalue weighted by atomic mass is 79.9. The van der Waals surface area contributed by atoms with E-state index in [0.717, 1.165) is 11.3 Å². The van der Waals surface area contributed by atoms with Crippen molar-refractivity contribution in [3.8, 4) is 17.2 Å². The Hall–Kier alpha value is -2.55. The number of hydrogen-bond acceptors (Lipinski definition) is 5. The molecule has 0 N–H and O–H groups in total. The predicted molar refractivity (Wildman–Crippen MR) is 149 cm³/mol. The zero-order valence-corrected chi connectivity index (χ0v) is 24.2. The van der Waals surface area contributed by atoms with Gasteiger partial charge >= 0.3 is 5.97 Å². The first kappa shape index (κ1) is 28.0. The molecule has 0 aromatic heterocycles. The Kier molecular flexibility index (Phi) is 9.82. The second-order valence-electron chi connectivity index (χ2n) is 8.08. The number of carbonyl (C=O) groups is 2. The van der Waals surface area contributed by atoms with Crippen LogP contribution in [0.3, 0.4) is 0 Å². The van der Waals surface area contributed by atoms with Crippen LogP contribution in [0, 0.1) is 0 Å². The summed E-state index contributed by atoms with van der Waals surface area (Å²) in [5.74, 6) is 1.20. The molecule has 0 unspecified atom stereocenters. The zero-order valence-electron chi connectivity index (χ0n) is 20.3. The Bertz CT molecular complexity index is 1240. The smallest absolute Gasteiger partial charge is 0.326 e. The van der Waals surface area contributed by atoms with Gasteiger partial charge in [-0.1, -0.05) is 37.6 Å². The second kappa shape index (κ2) is 12.6. The van der Waals surface area contributed by atoms with Crippen LogP contribution >= 0.6 is 43.5 Å². The van der Waals surface area contributed by atoms with Gasteiger partial charge in [0.1, 0.15) is 18.0 Å². The maximum Gasteiger partial charge on any atom is 0.326 e. The Balaban J connectivity index is 1.99. The molecule has 0 bridgehead atoms. The summed E-state index contributed by atoms with van der Waals surface area (Å²) in [6.07, 6.45) is 0. The number of anilines is 1. The lowest BCUT2D eigenvalue weighted by Crippen LogP contribution is -2.36. The maximum absolute atomic E-state index is 13.4. The molecular formula is C27H26Br2ClNO5. The molecule has 190 valence electrons. The van der Waals surface area contributed by atoms with Gasteiger partial charge in [0.25, 0.3) is 5.91 Å². The molecule has 0 atom stereocenters. The molecule has 0 aliphatic rings. The van der Waals surface area contributed by atoms with Crippen molar-refractivity contribution >= 4 is 61.0 Å². The highest BCUT2D eigenvalue weighted by Gasteiger charge is 2.25. The summed E-state index contributed by atoms with van der Waals surface area (Å²) in [6, 6.07) is 15.7. The minimum atomic E-state index is -0.537. The molecule has 0 aliphatic carbocycles. The van der Waals surface area contributed by atoms with Crippen molar-refractivity contribution < 1.29 is 23.8 Å². The standard InChI is InChI=1S/C27H26Br2ClNO5/c1-5-35-25(32)15-31(27(33)19-8-6-7-9-23(19)30)17-12-21(28)26(22(29)13-17)36-18-10-11-24(34-4)20(14-18)16(2)3/h6-14,16H,5,15H2,1-4H3. The van der Waals surface area contributed by atoms with Crippen LogP contribution in [-0.4, -0.2) is 32.1 Å². The van der Waals surface area contributed by atoms with Gasteiger partial charge < -0.3 is 14.2 Å². The second-order valence-corrected chi connectivity index (χ2v) is 10.2. The van der Waals surface area contributed by atoms with Crippen LogP contribution in [0.4, 0.5) is 5.69 Å². The summed E-state index contributed by atoms with van der Waals surface area (Å²) in [5, 5.41) is 0.287. The molecule has 0 saturated carbocycles. The van der Waals surface area contributed by atoms with Crippen LogP contribution in [0.1, 0.15) is 42.6 Å². The lowest BCUT2D eigenvalue weighted by atomic mass is 10.0. The molecule has 0 fully saturated rings. The molecule has 3 aromatic carbocycles. The Morgan fingerprint density at radius 1 is 1.03 bits per heavy atom. The van der Waals surface area contributed by atoms with Gasteiger partial charge in [-0.3, -0.25) is 14.5 Å². The number of nitrogens with zero attached hydrogens (tertiary/aromatic N) is 1. The van der Waals surface area contributed by atoms with E-state index >= 15 is 0 Å². The zero-order chi connectivity index (χ0) is 26.4. The molecule has 0 saturated heterocycles. The van der Waals surface area contributed by atoms with Gasteiger partial charge in [-0.25, -0.2) is 0 Å². The molecule has 9 heteroatoms. The van der Waals surface area contributed by atoms with E-state index in [1.54, 1.807) is 50.4 Å². The number of rotatable bonds is 9. The number of halogens is 3. The van der Waals surface area contributed by atoms with Crippen molar-refractivity contribution in [2.75, 3.05) is 25.2 Å². The molecule has 0 radical (unpaired) electrons. The molecule has 6 nitrogen and oxygen atoms in total. The molecule has 0 spiro atoms. The van der Waals surface area contributed by atoms with E-state index in [1.165, 1.54) is 4.90 Å². The maximum atomic E-state index is 13.4. The van der Waals surface area contributed by atoms with Crippen LogP contribution in [-0.2, 0) is 9.53 Å². The number of hydrogen-bond donors (Lipinski definition) is 0. The summed E-state index contributed by atoms with van der Waals surface area (Å²) in [5.41, 5.74) is 1.75. The minimum Gasteiger partial charge on any atom is -0.496 e. The van der Waals surface area contributed by atoms with E-state index < -0.39 is 11.9 Å². The monoisotopic (exact) mass is 637 g/mol.